The average Bonchev–Trinajstić information content (AvgIpc) is 3.24. The van der Waals surface area contributed by atoms with Crippen molar-refractivity contribution in [3.63, 3.8) is 0 Å². The summed E-state index contributed by atoms with van der Waals surface area (Å²) in [6, 6.07) is 15.6. The number of hydrogen-bond donors (Lipinski definition) is 2. The number of carbonyl (C=O) groups is 2. The Morgan fingerprint density at radius 3 is 2.64 bits per heavy atom. The van der Waals surface area contributed by atoms with Crippen molar-refractivity contribution >= 4 is 11.9 Å². The van der Waals surface area contributed by atoms with Gasteiger partial charge in [0.1, 0.15) is 6.04 Å². The summed E-state index contributed by atoms with van der Waals surface area (Å²) in [6.07, 6.45) is 0. The van der Waals surface area contributed by atoms with Crippen LogP contribution in [0.2, 0.25) is 0 Å². The van der Waals surface area contributed by atoms with Crippen molar-refractivity contribution in [2.45, 2.75) is 6.04 Å². The average molecular weight is 378 g/mol. The highest BCUT2D eigenvalue weighted by molar-refractivity contribution is 6.00. The zero-order valence-electron chi connectivity index (χ0n) is 14.9. The molecule has 28 heavy (non-hydrogen) atoms. The number of aromatic nitrogens is 2. The van der Waals surface area contributed by atoms with E-state index in [1.54, 1.807) is 24.3 Å². The number of nitrogens with zero attached hydrogens (tertiary/aromatic N) is 3. The Bertz CT molecular complexity index is 1000. The summed E-state index contributed by atoms with van der Waals surface area (Å²) in [7, 11) is 0. The number of piperazine rings is 1. The molecule has 0 bridgehead atoms. The molecule has 1 saturated heterocycles. The molecule has 4 rings (SSSR count). The van der Waals surface area contributed by atoms with E-state index in [1.807, 2.05) is 30.3 Å². The Balaban J connectivity index is 1.63. The summed E-state index contributed by atoms with van der Waals surface area (Å²) in [5.74, 6) is -0.559. The second kappa shape index (κ2) is 7.61. The number of aliphatic carboxylic acids is 1. The third-order valence-corrected chi connectivity index (χ3v) is 4.61. The summed E-state index contributed by atoms with van der Waals surface area (Å²) >= 11 is 0. The van der Waals surface area contributed by atoms with E-state index in [0.717, 1.165) is 5.56 Å². The molecule has 0 spiro atoms. The van der Waals surface area contributed by atoms with Crippen LogP contribution in [0, 0.1) is 0 Å². The normalized spacial score (nSPS) is 16.7. The Kier molecular flexibility index (Phi) is 4.86. The molecule has 0 saturated carbocycles. The molecule has 1 aliphatic heterocycles. The van der Waals surface area contributed by atoms with Gasteiger partial charge < -0.3 is 19.8 Å². The van der Waals surface area contributed by atoms with Crippen molar-refractivity contribution < 1.29 is 19.2 Å². The molecule has 2 N–H and O–H groups in total. The summed E-state index contributed by atoms with van der Waals surface area (Å²) in [5, 5.41) is 16.1. The molecule has 1 aromatic heterocycles. The van der Waals surface area contributed by atoms with Gasteiger partial charge in [-0.15, -0.1) is 0 Å². The van der Waals surface area contributed by atoms with Gasteiger partial charge in [0, 0.05) is 25.2 Å². The fourth-order valence-electron chi connectivity index (χ4n) is 3.16. The van der Waals surface area contributed by atoms with Gasteiger partial charge in [-0.2, -0.15) is 4.98 Å². The smallest absolute Gasteiger partial charge is 0.322 e. The maximum absolute atomic E-state index is 13.1. The van der Waals surface area contributed by atoms with Crippen molar-refractivity contribution in [1.82, 2.24) is 20.4 Å². The lowest BCUT2D eigenvalue weighted by Gasteiger charge is -2.31. The zero-order chi connectivity index (χ0) is 19.5. The van der Waals surface area contributed by atoms with Crippen molar-refractivity contribution in [2.75, 3.05) is 19.6 Å². The fraction of sp³-hybridized carbons (Fsp3) is 0.200. The second-order valence-electron chi connectivity index (χ2n) is 6.43. The SMILES string of the molecule is O=C(O)[C@H]1CN(C(=O)c2ccccc2-c2nc(-c3ccccc3)no2)CCN1. The van der Waals surface area contributed by atoms with E-state index in [0.29, 0.717) is 30.0 Å². The fourth-order valence-corrected chi connectivity index (χ4v) is 3.16. The quantitative estimate of drug-likeness (QED) is 0.714. The lowest BCUT2D eigenvalue weighted by molar-refractivity contribution is -0.140. The van der Waals surface area contributed by atoms with Gasteiger partial charge in [0.2, 0.25) is 5.82 Å². The first-order chi connectivity index (χ1) is 13.6. The van der Waals surface area contributed by atoms with Crippen LogP contribution in [0.3, 0.4) is 0 Å². The van der Waals surface area contributed by atoms with E-state index in [1.165, 1.54) is 4.90 Å². The summed E-state index contributed by atoms with van der Waals surface area (Å²) < 4.78 is 5.40. The molecule has 2 heterocycles. The number of carbonyl (C=O) groups excluding carboxylic acids is 1. The molecule has 3 aromatic rings. The van der Waals surface area contributed by atoms with Crippen molar-refractivity contribution in [3.8, 4) is 22.8 Å². The monoisotopic (exact) mass is 378 g/mol. The molecule has 0 aliphatic carbocycles. The molecule has 142 valence electrons. The topological polar surface area (TPSA) is 109 Å². The minimum atomic E-state index is -0.977. The molecule has 1 amide bonds. The van der Waals surface area contributed by atoms with E-state index in [9.17, 15) is 14.7 Å². The maximum atomic E-state index is 13.1. The Hall–Kier alpha value is -3.52. The van der Waals surface area contributed by atoms with E-state index in [-0.39, 0.29) is 18.3 Å². The molecule has 2 aromatic carbocycles. The number of nitrogens with one attached hydrogen (secondary N) is 1. The highest BCUT2D eigenvalue weighted by Crippen LogP contribution is 2.26. The van der Waals surface area contributed by atoms with Gasteiger partial charge in [-0.3, -0.25) is 9.59 Å². The van der Waals surface area contributed by atoms with Crippen molar-refractivity contribution in [1.29, 1.82) is 0 Å². The van der Waals surface area contributed by atoms with Crippen LogP contribution in [0.4, 0.5) is 0 Å². The maximum Gasteiger partial charge on any atom is 0.322 e. The van der Waals surface area contributed by atoms with E-state index < -0.39 is 12.0 Å². The largest absolute Gasteiger partial charge is 0.480 e. The number of rotatable bonds is 4. The second-order valence-corrected chi connectivity index (χ2v) is 6.43. The van der Waals surface area contributed by atoms with Crippen LogP contribution in [0.5, 0.6) is 0 Å². The van der Waals surface area contributed by atoms with Gasteiger partial charge in [0.25, 0.3) is 11.8 Å². The highest BCUT2D eigenvalue weighted by atomic mass is 16.5. The van der Waals surface area contributed by atoms with Gasteiger partial charge in [0.15, 0.2) is 0 Å². The van der Waals surface area contributed by atoms with E-state index >= 15 is 0 Å². The Morgan fingerprint density at radius 2 is 1.86 bits per heavy atom. The van der Waals surface area contributed by atoms with Gasteiger partial charge in [-0.1, -0.05) is 47.6 Å². The van der Waals surface area contributed by atoms with Crippen LogP contribution in [0.15, 0.2) is 59.1 Å². The van der Waals surface area contributed by atoms with Gasteiger partial charge in [0.05, 0.1) is 11.1 Å². The third kappa shape index (κ3) is 3.49. The molecule has 1 fully saturated rings. The number of benzene rings is 2. The molecule has 1 aliphatic rings. The highest BCUT2D eigenvalue weighted by Gasteiger charge is 2.30. The molecular formula is C20H18N4O4. The molecule has 0 unspecified atom stereocenters. The first-order valence-corrected chi connectivity index (χ1v) is 8.87. The number of amides is 1. The standard InChI is InChI=1S/C20H18N4O4/c25-19(24-11-10-21-16(12-24)20(26)27)15-9-5-4-8-14(15)18-22-17(23-28-18)13-6-2-1-3-7-13/h1-9,16,21H,10-12H2,(H,26,27)/t16-/m1/s1. The molecular weight excluding hydrogens is 360 g/mol. The number of hydrogen-bond acceptors (Lipinski definition) is 6. The van der Waals surface area contributed by atoms with E-state index in [2.05, 4.69) is 15.5 Å². The van der Waals surface area contributed by atoms with Gasteiger partial charge >= 0.3 is 5.97 Å². The third-order valence-electron chi connectivity index (χ3n) is 4.61. The minimum absolute atomic E-state index is 0.0988. The van der Waals surface area contributed by atoms with Crippen LogP contribution >= 0.6 is 0 Å². The lowest BCUT2D eigenvalue weighted by Crippen LogP contribution is -2.55. The van der Waals surface area contributed by atoms with E-state index in [4.69, 9.17) is 4.52 Å². The van der Waals surface area contributed by atoms with Gasteiger partial charge in [-0.05, 0) is 12.1 Å². The number of carboxylic acid groups (broad SMARTS) is 1. The van der Waals surface area contributed by atoms with Crippen molar-refractivity contribution in [3.05, 3.63) is 60.2 Å². The summed E-state index contributed by atoms with van der Waals surface area (Å²) in [5.41, 5.74) is 1.73. The lowest BCUT2D eigenvalue weighted by atomic mass is 10.0. The first kappa shape index (κ1) is 17.9. The summed E-state index contributed by atoms with van der Waals surface area (Å²) in [6.45, 7) is 0.946. The number of carboxylic acids is 1. The predicted octanol–water partition coefficient (Wildman–Crippen LogP) is 1.90. The molecule has 1 atom stereocenters. The molecule has 8 heteroatoms. The van der Waals surface area contributed by atoms with Crippen LogP contribution in [-0.4, -0.2) is 57.7 Å². The Morgan fingerprint density at radius 1 is 1.11 bits per heavy atom. The van der Waals surface area contributed by atoms with Crippen molar-refractivity contribution in [2.24, 2.45) is 0 Å². The minimum Gasteiger partial charge on any atom is -0.480 e. The predicted molar refractivity (Wildman–Crippen MR) is 101 cm³/mol. The van der Waals surface area contributed by atoms with Crippen LogP contribution < -0.4 is 5.32 Å². The molecule has 0 radical (unpaired) electrons. The van der Waals surface area contributed by atoms with Gasteiger partial charge in [-0.25, -0.2) is 0 Å². The molecule has 8 nitrogen and oxygen atoms in total. The van der Waals surface area contributed by atoms with Crippen LogP contribution in [0.1, 0.15) is 10.4 Å². The zero-order valence-corrected chi connectivity index (χ0v) is 14.9. The van der Waals surface area contributed by atoms with Crippen LogP contribution in [0.25, 0.3) is 22.8 Å². The summed E-state index contributed by atoms with van der Waals surface area (Å²) in [4.78, 5) is 30.3. The first-order valence-electron chi connectivity index (χ1n) is 8.87. The Labute approximate surface area is 160 Å². The van der Waals surface area contributed by atoms with Crippen LogP contribution in [-0.2, 0) is 4.79 Å².